The highest BCUT2D eigenvalue weighted by atomic mass is 32.2. The van der Waals surface area contributed by atoms with Crippen molar-refractivity contribution in [3.05, 3.63) is 53.9 Å². The molecule has 0 aliphatic rings. The lowest BCUT2D eigenvalue weighted by Gasteiger charge is -2.07. The van der Waals surface area contributed by atoms with E-state index in [0.717, 1.165) is 11.3 Å². The third kappa shape index (κ3) is 3.84. The third-order valence-electron chi connectivity index (χ3n) is 4.18. The first-order valence-electron chi connectivity index (χ1n) is 8.75. The van der Waals surface area contributed by atoms with Crippen molar-refractivity contribution in [2.24, 2.45) is 0 Å². The van der Waals surface area contributed by atoms with Crippen molar-refractivity contribution in [2.45, 2.75) is 11.8 Å². The Hall–Kier alpha value is -3.44. The van der Waals surface area contributed by atoms with Crippen molar-refractivity contribution >= 4 is 43.9 Å². The number of carbonyl (C=O) groups excluding carboxylic acids is 1. The van der Waals surface area contributed by atoms with E-state index >= 15 is 0 Å². The molecule has 0 saturated heterocycles. The highest BCUT2D eigenvalue weighted by Crippen LogP contribution is 2.32. The molecule has 2 aromatic carbocycles. The Labute approximate surface area is 176 Å². The van der Waals surface area contributed by atoms with Crippen molar-refractivity contribution in [2.75, 3.05) is 17.1 Å². The Morgan fingerprint density at radius 1 is 1.13 bits per heavy atom. The van der Waals surface area contributed by atoms with E-state index in [9.17, 15) is 13.2 Å². The minimum absolute atomic E-state index is 0.0275. The van der Waals surface area contributed by atoms with Gasteiger partial charge in [-0.3, -0.25) is 4.79 Å². The van der Waals surface area contributed by atoms with Gasteiger partial charge < -0.3 is 10.1 Å². The van der Waals surface area contributed by atoms with Crippen LogP contribution in [0.25, 0.3) is 16.2 Å². The molecule has 0 bridgehead atoms. The molecule has 2 N–H and O–H groups in total. The molecule has 0 spiro atoms. The van der Waals surface area contributed by atoms with Crippen LogP contribution in [0.1, 0.15) is 6.92 Å². The number of nitrogens with zero attached hydrogens (tertiary/aromatic N) is 3. The molecule has 9 nitrogen and oxygen atoms in total. The number of rotatable bonds is 6. The SMILES string of the molecule is COc1ccccc1-c1csc2nc(NS(=O)(=O)c3ccc(NC(C)=O)cc3)nn12. The highest BCUT2D eigenvalue weighted by Gasteiger charge is 2.19. The number of hydrogen-bond donors (Lipinski definition) is 2. The number of methoxy groups -OCH3 is 1. The monoisotopic (exact) mass is 443 g/mol. The molecule has 4 aromatic rings. The molecule has 2 heterocycles. The fourth-order valence-corrected chi connectivity index (χ4v) is 4.63. The first-order valence-corrected chi connectivity index (χ1v) is 11.1. The third-order valence-corrected chi connectivity index (χ3v) is 6.34. The van der Waals surface area contributed by atoms with Crippen LogP contribution in [0, 0.1) is 0 Å². The standard InChI is InChI=1S/C19H17N5O4S2/c1-12(25)20-13-7-9-14(10-8-13)30(26,27)23-18-21-19-24(22-18)16(11-29-19)15-5-3-4-6-17(15)28-2/h3-11H,1-2H3,(H,20,25)(H,22,23). The molecule has 0 atom stereocenters. The van der Waals surface area contributed by atoms with Gasteiger partial charge >= 0.3 is 0 Å². The number of anilines is 2. The van der Waals surface area contributed by atoms with Crippen molar-refractivity contribution in [1.29, 1.82) is 0 Å². The zero-order valence-corrected chi connectivity index (χ0v) is 17.6. The molecular formula is C19H17N5O4S2. The van der Waals surface area contributed by atoms with Gasteiger partial charge in [0.15, 0.2) is 0 Å². The second-order valence-electron chi connectivity index (χ2n) is 6.26. The molecular weight excluding hydrogens is 426 g/mol. The van der Waals surface area contributed by atoms with E-state index in [4.69, 9.17) is 4.74 Å². The summed E-state index contributed by atoms with van der Waals surface area (Å²) in [6.07, 6.45) is 0. The Kier molecular flexibility index (Phi) is 5.14. The number of nitrogens with one attached hydrogen (secondary N) is 2. The van der Waals surface area contributed by atoms with Crippen LogP contribution in [0.5, 0.6) is 5.75 Å². The first kappa shape index (κ1) is 19.9. The predicted octanol–water partition coefficient (Wildman–Crippen LogP) is 3.23. The summed E-state index contributed by atoms with van der Waals surface area (Å²) >= 11 is 1.34. The highest BCUT2D eigenvalue weighted by molar-refractivity contribution is 7.92. The molecule has 0 unspecified atom stereocenters. The topological polar surface area (TPSA) is 115 Å². The minimum Gasteiger partial charge on any atom is -0.496 e. The van der Waals surface area contributed by atoms with Crippen LogP contribution in [0.15, 0.2) is 58.8 Å². The zero-order valence-electron chi connectivity index (χ0n) is 16.0. The van der Waals surface area contributed by atoms with Crippen LogP contribution in [0.2, 0.25) is 0 Å². The maximum atomic E-state index is 12.7. The smallest absolute Gasteiger partial charge is 0.264 e. The summed E-state index contributed by atoms with van der Waals surface area (Å²) in [5.74, 6) is 0.398. The van der Waals surface area contributed by atoms with Crippen LogP contribution in [-0.2, 0) is 14.8 Å². The quantitative estimate of drug-likeness (QED) is 0.473. The maximum absolute atomic E-state index is 12.7. The average Bonchev–Trinajstić information content (AvgIpc) is 3.27. The van der Waals surface area contributed by atoms with Gasteiger partial charge in [0.25, 0.3) is 16.0 Å². The van der Waals surface area contributed by atoms with E-state index < -0.39 is 10.0 Å². The molecule has 11 heteroatoms. The number of carbonyl (C=O) groups is 1. The first-order chi connectivity index (χ1) is 14.4. The average molecular weight is 444 g/mol. The normalized spacial score (nSPS) is 11.4. The molecule has 1 amide bonds. The van der Waals surface area contributed by atoms with Gasteiger partial charge in [-0.15, -0.1) is 16.4 Å². The van der Waals surface area contributed by atoms with Gasteiger partial charge in [0.2, 0.25) is 10.9 Å². The summed E-state index contributed by atoms with van der Waals surface area (Å²) in [5.41, 5.74) is 2.06. The summed E-state index contributed by atoms with van der Waals surface area (Å²) in [7, 11) is -2.31. The maximum Gasteiger partial charge on any atom is 0.264 e. The van der Waals surface area contributed by atoms with Gasteiger partial charge in [0, 0.05) is 23.6 Å². The molecule has 30 heavy (non-hydrogen) atoms. The summed E-state index contributed by atoms with van der Waals surface area (Å²) in [5, 5.41) is 8.77. The van der Waals surface area contributed by atoms with Crippen molar-refractivity contribution in [1.82, 2.24) is 14.6 Å². The van der Waals surface area contributed by atoms with Crippen LogP contribution in [-0.4, -0.2) is 36.0 Å². The van der Waals surface area contributed by atoms with Gasteiger partial charge in [-0.2, -0.15) is 4.98 Å². The molecule has 0 fully saturated rings. The molecule has 2 aromatic heterocycles. The van der Waals surface area contributed by atoms with Crippen LogP contribution < -0.4 is 14.8 Å². The summed E-state index contributed by atoms with van der Waals surface area (Å²) < 4.78 is 34.7. The van der Waals surface area contributed by atoms with E-state index in [1.54, 1.807) is 11.6 Å². The van der Waals surface area contributed by atoms with Gasteiger partial charge in [-0.1, -0.05) is 12.1 Å². The number of hydrogen-bond acceptors (Lipinski definition) is 7. The number of thiazole rings is 1. The number of ether oxygens (including phenoxy) is 1. The minimum atomic E-state index is -3.90. The second kappa shape index (κ2) is 7.76. The number of aromatic nitrogens is 3. The summed E-state index contributed by atoms with van der Waals surface area (Å²) in [4.78, 5) is 15.9. The van der Waals surface area contributed by atoms with Crippen molar-refractivity contribution in [3.63, 3.8) is 0 Å². The Morgan fingerprint density at radius 3 is 2.57 bits per heavy atom. The van der Waals surface area contributed by atoms with Crippen molar-refractivity contribution in [3.8, 4) is 17.0 Å². The fraction of sp³-hybridized carbons (Fsp3) is 0.105. The predicted molar refractivity (Wildman–Crippen MR) is 114 cm³/mol. The largest absolute Gasteiger partial charge is 0.496 e. The lowest BCUT2D eigenvalue weighted by atomic mass is 10.1. The van der Waals surface area contributed by atoms with Gasteiger partial charge in [-0.25, -0.2) is 17.7 Å². The summed E-state index contributed by atoms with van der Waals surface area (Å²) in [6, 6.07) is 13.3. The van der Waals surface area contributed by atoms with Gasteiger partial charge in [-0.05, 0) is 36.4 Å². The van der Waals surface area contributed by atoms with Crippen LogP contribution in [0.3, 0.4) is 0 Å². The van der Waals surface area contributed by atoms with Gasteiger partial charge in [0.1, 0.15) is 5.75 Å². The van der Waals surface area contributed by atoms with Crippen LogP contribution in [0.4, 0.5) is 11.6 Å². The Bertz CT molecular complexity index is 1330. The Morgan fingerprint density at radius 2 is 1.87 bits per heavy atom. The van der Waals surface area contributed by atoms with E-state index in [2.05, 4.69) is 20.1 Å². The van der Waals surface area contributed by atoms with E-state index in [1.807, 2.05) is 29.6 Å². The van der Waals surface area contributed by atoms with Crippen LogP contribution >= 0.6 is 11.3 Å². The number of fused-ring (bicyclic) bond motifs is 1. The van der Waals surface area contributed by atoms with E-state index in [-0.39, 0.29) is 16.8 Å². The van der Waals surface area contributed by atoms with E-state index in [1.165, 1.54) is 42.5 Å². The molecule has 0 radical (unpaired) electrons. The number of benzene rings is 2. The fourth-order valence-electron chi connectivity index (χ4n) is 2.87. The Balaban J connectivity index is 1.63. The van der Waals surface area contributed by atoms with Gasteiger partial charge in [0.05, 0.1) is 17.7 Å². The number of amides is 1. The number of para-hydroxylation sites is 1. The second-order valence-corrected chi connectivity index (χ2v) is 8.78. The lowest BCUT2D eigenvalue weighted by Crippen LogP contribution is -2.14. The van der Waals surface area contributed by atoms with E-state index in [0.29, 0.717) is 16.4 Å². The lowest BCUT2D eigenvalue weighted by molar-refractivity contribution is -0.114. The molecule has 0 aliphatic heterocycles. The molecule has 0 saturated carbocycles. The zero-order chi connectivity index (χ0) is 21.3. The summed E-state index contributed by atoms with van der Waals surface area (Å²) in [6.45, 7) is 1.38. The number of sulfonamides is 1. The molecule has 0 aliphatic carbocycles. The van der Waals surface area contributed by atoms with Crippen molar-refractivity contribution < 1.29 is 17.9 Å². The molecule has 154 valence electrons. The molecule has 4 rings (SSSR count).